The van der Waals surface area contributed by atoms with E-state index < -0.39 is 11.8 Å². The smallest absolute Gasteiger partial charge is 0.355 e. The Morgan fingerprint density at radius 1 is 1.41 bits per heavy atom. The number of carboxylic acids is 1. The Morgan fingerprint density at radius 2 is 2.18 bits per heavy atom. The lowest BCUT2D eigenvalue weighted by Crippen LogP contribution is -2.07. The SMILES string of the molecule is CCCc1nc(C(=O)O)c2c(F)cccc2n1. The van der Waals surface area contributed by atoms with Gasteiger partial charge in [-0.3, -0.25) is 0 Å². The largest absolute Gasteiger partial charge is 0.476 e. The highest BCUT2D eigenvalue weighted by molar-refractivity contribution is 6.00. The molecule has 0 saturated carbocycles. The summed E-state index contributed by atoms with van der Waals surface area (Å²) in [7, 11) is 0. The number of fused-ring (bicyclic) bond motifs is 1. The lowest BCUT2D eigenvalue weighted by molar-refractivity contribution is 0.0692. The molecule has 1 aromatic heterocycles. The highest BCUT2D eigenvalue weighted by Crippen LogP contribution is 2.19. The summed E-state index contributed by atoms with van der Waals surface area (Å²) in [5.41, 5.74) is 0.0670. The number of benzene rings is 1. The van der Waals surface area contributed by atoms with Gasteiger partial charge in [-0.25, -0.2) is 19.2 Å². The van der Waals surface area contributed by atoms with Crippen LogP contribution >= 0.6 is 0 Å². The molecule has 0 unspecified atom stereocenters. The highest BCUT2D eigenvalue weighted by atomic mass is 19.1. The van der Waals surface area contributed by atoms with Crippen LogP contribution in [0.1, 0.15) is 29.7 Å². The Kier molecular flexibility index (Phi) is 2.99. The van der Waals surface area contributed by atoms with Crippen molar-refractivity contribution < 1.29 is 14.3 Å². The molecule has 2 aromatic rings. The number of aryl methyl sites for hydroxylation is 1. The van der Waals surface area contributed by atoms with Gasteiger partial charge in [0.1, 0.15) is 11.6 Å². The van der Waals surface area contributed by atoms with Crippen molar-refractivity contribution in [2.24, 2.45) is 0 Å². The van der Waals surface area contributed by atoms with Crippen LogP contribution in [-0.4, -0.2) is 21.0 Å². The van der Waals surface area contributed by atoms with Gasteiger partial charge in [0.15, 0.2) is 5.69 Å². The van der Waals surface area contributed by atoms with E-state index in [1.807, 2.05) is 6.92 Å². The summed E-state index contributed by atoms with van der Waals surface area (Å²) in [4.78, 5) is 19.1. The number of hydrogen-bond donors (Lipinski definition) is 1. The van der Waals surface area contributed by atoms with E-state index in [0.717, 1.165) is 6.42 Å². The molecule has 1 heterocycles. The van der Waals surface area contributed by atoms with E-state index in [0.29, 0.717) is 17.8 Å². The maximum Gasteiger partial charge on any atom is 0.355 e. The van der Waals surface area contributed by atoms with Crippen LogP contribution in [0.2, 0.25) is 0 Å². The monoisotopic (exact) mass is 234 g/mol. The van der Waals surface area contributed by atoms with Gasteiger partial charge < -0.3 is 5.11 Å². The van der Waals surface area contributed by atoms with Crippen molar-refractivity contribution in [3.05, 3.63) is 35.5 Å². The second-order valence-corrected chi connectivity index (χ2v) is 3.68. The molecule has 0 amide bonds. The van der Waals surface area contributed by atoms with Crippen molar-refractivity contribution in [1.29, 1.82) is 0 Å². The van der Waals surface area contributed by atoms with E-state index in [1.54, 1.807) is 6.07 Å². The topological polar surface area (TPSA) is 63.1 Å². The molecule has 5 heteroatoms. The summed E-state index contributed by atoms with van der Waals surface area (Å²) in [6, 6.07) is 4.30. The Balaban J connectivity index is 2.77. The van der Waals surface area contributed by atoms with Crippen LogP contribution < -0.4 is 0 Å². The molecule has 0 aliphatic rings. The summed E-state index contributed by atoms with van der Waals surface area (Å²) in [5, 5.41) is 9.02. The summed E-state index contributed by atoms with van der Waals surface area (Å²) in [6.45, 7) is 1.94. The minimum Gasteiger partial charge on any atom is -0.476 e. The second-order valence-electron chi connectivity index (χ2n) is 3.68. The van der Waals surface area contributed by atoms with Gasteiger partial charge >= 0.3 is 5.97 Å². The van der Waals surface area contributed by atoms with E-state index in [4.69, 9.17) is 5.11 Å². The van der Waals surface area contributed by atoms with Gasteiger partial charge in [0.05, 0.1) is 10.9 Å². The quantitative estimate of drug-likeness (QED) is 0.885. The first kappa shape index (κ1) is 11.4. The summed E-state index contributed by atoms with van der Waals surface area (Å²) >= 11 is 0. The van der Waals surface area contributed by atoms with E-state index in [-0.39, 0.29) is 11.1 Å². The van der Waals surface area contributed by atoms with Gasteiger partial charge in [-0.2, -0.15) is 0 Å². The third kappa shape index (κ3) is 2.08. The van der Waals surface area contributed by atoms with Crippen molar-refractivity contribution in [2.75, 3.05) is 0 Å². The number of rotatable bonds is 3. The molecule has 0 fully saturated rings. The van der Waals surface area contributed by atoms with Crippen molar-refractivity contribution in [3.63, 3.8) is 0 Å². The first-order valence-corrected chi connectivity index (χ1v) is 5.32. The predicted molar refractivity (Wildman–Crippen MR) is 60.5 cm³/mol. The number of carbonyl (C=O) groups is 1. The number of aromatic nitrogens is 2. The van der Waals surface area contributed by atoms with Gasteiger partial charge in [-0.05, 0) is 18.6 Å². The van der Waals surface area contributed by atoms with Gasteiger partial charge in [-0.15, -0.1) is 0 Å². The predicted octanol–water partition coefficient (Wildman–Crippen LogP) is 2.42. The van der Waals surface area contributed by atoms with Gasteiger partial charge in [0.2, 0.25) is 0 Å². The third-order valence-electron chi connectivity index (χ3n) is 2.39. The number of halogens is 1. The normalized spacial score (nSPS) is 10.7. The third-order valence-corrected chi connectivity index (χ3v) is 2.39. The average Bonchev–Trinajstić information content (AvgIpc) is 2.28. The molecule has 0 aliphatic carbocycles. The zero-order valence-electron chi connectivity index (χ0n) is 9.27. The molecule has 0 spiro atoms. The highest BCUT2D eigenvalue weighted by Gasteiger charge is 2.16. The van der Waals surface area contributed by atoms with Crippen molar-refractivity contribution in [2.45, 2.75) is 19.8 Å². The lowest BCUT2D eigenvalue weighted by Gasteiger charge is -2.05. The molecule has 1 aromatic carbocycles. The molecule has 17 heavy (non-hydrogen) atoms. The molecule has 0 atom stereocenters. The summed E-state index contributed by atoms with van der Waals surface area (Å²) in [5.74, 6) is -1.41. The molecule has 0 radical (unpaired) electrons. The number of aromatic carboxylic acids is 1. The molecule has 0 saturated heterocycles. The van der Waals surface area contributed by atoms with Gasteiger partial charge in [0.25, 0.3) is 0 Å². The zero-order chi connectivity index (χ0) is 12.4. The lowest BCUT2D eigenvalue weighted by atomic mass is 10.1. The molecule has 0 aliphatic heterocycles. The summed E-state index contributed by atoms with van der Waals surface area (Å²) < 4.78 is 13.6. The number of carboxylic acid groups (broad SMARTS) is 1. The Bertz CT molecular complexity index is 584. The fourth-order valence-corrected chi connectivity index (χ4v) is 1.68. The average molecular weight is 234 g/mol. The molecule has 88 valence electrons. The standard InChI is InChI=1S/C12H11FN2O2/c1-2-4-9-14-8-6-3-5-7(13)10(8)11(15-9)12(16)17/h3,5-6H,2,4H2,1H3,(H,16,17). The molecule has 1 N–H and O–H groups in total. The van der Waals surface area contributed by atoms with Crippen molar-refractivity contribution in [1.82, 2.24) is 9.97 Å². The first-order valence-electron chi connectivity index (χ1n) is 5.32. The molecular formula is C12H11FN2O2. The number of nitrogens with zero attached hydrogens (tertiary/aromatic N) is 2. The van der Waals surface area contributed by atoms with Crippen LogP contribution in [0, 0.1) is 5.82 Å². The molecule has 2 rings (SSSR count). The summed E-state index contributed by atoms with van der Waals surface area (Å²) in [6.07, 6.45) is 1.38. The molecule has 4 nitrogen and oxygen atoms in total. The van der Waals surface area contributed by atoms with Crippen LogP contribution in [-0.2, 0) is 6.42 Å². The van der Waals surface area contributed by atoms with Crippen molar-refractivity contribution >= 4 is 16.9 Å². The Morgan fingerprint density at radius 3 is 2.82 bits per heavy atom. The molecular weight excluding hydrogens is 223 g/mol. The Labute approximate surface area is 97.1 Å². The fourth-order valence-electron chi connectivity index (χ4n) is 1.68. The van der Waals surface area contributed by atoms with Crippen LogP contribution in [0.5, 0.6) is 0 Å². The second kappa shape index (κ2) is 4.45. The van der Waals surface area contributed by atoms with Gasteiger partial charge in [0, 0.05) is 6.42 Å². The van der Waals surface area contributed by atoms with E-state index >= 15 is 0 Å². The number of hydrogen-bond acceptors (Lipinski definition) is 3. The maximum atomic E-state index is 13.6. The van der Waals surface area contributed by atoms with E-state index in [9.17, 15) is 9.18 Å². The zero-order valence-corrected chi connectivity index (χ0v) is 9.27. The van der Waals surface area contributed by atoms with E-state index in [2.05, 4.69) is 9.97 Å². The minimum atomic E-state index is -1.24. The fraction of sp³-hybridized carbons (Fsp3) is 0.250. The first-order chi connectivity index (χ1) is 8.13. The minimum absolute atomic E-state index is 0.0279. The van der Waals surface area contributed by atoms with Crippen LogP contribution in [0.4, 0.5) is 4.39 Å². The van der Waals surface area contributed by atoms with E-state index in [1.165, 1.54) is 12.1 Å². The van der Waals surface area contributed by atoms with Gasteiger partial charge in [-0.1, -0.05) is 13.0 Å². The van der Waals surface area contributed by atoms with Crippen molar-refractivity contribution in [3.8, 4) is 0 Å². The van der Waals surface area contributed by atoms with Crippen LogP contribution in [0.15, 0.2) is 18.2 Å². The van der Waals surface area contributed by atoms with Crippen LogP contribution in [0.3, 0.4) is 0 Å². The Hall–Kier alpha value is -2.04. The van der Waals surface area contributed by atoms with Crippen LogP contribution in [0.25, 0.3) is 10.9 Å². The molecule has 0 bridgehead atoms. The maximum absolute atomic E-state index is 13.6.